The average Bonchev–Trinajstić information content (AvgIpc) is 2.44. The summed E-state index contributed by atoms with van der Waals surface area (Å²) < 4.78 is 5.75. The number of carbonyl (C=O) groups is 2. The Balaban J connectivity index is 2.70. The minimum absolute atomic E-state index is 0.198. The summed E-state index contributed by atoms with van der Waals surface area (Å²) in [5, 5.41) is 5.46. The third kappa shape index (κ3) is 5.38. The molecule has 0 aliphatic rings. The molecular formula is C15H21BrN2O3. The van der Waals surface area contributed by atoms with Crippen molar-refractivity contribution in [3.63, 3.8) is 0 Å². The first-order valence-corrected chi connectivity index (χ1v) is 7.56. The van der Waals surface area contributed by atoms with E-state index >= 15 is 0 Å². The second kappa shape index (κ2) is 8.02. The van der Waals surface area contributed by atoms with Crippen LogP contribution in [0.15, 0.2) is 22.7 Å². The highest BCUT2D eigenvalue weighted by Gasteiger charge is 2.18. The Morgan fingerprint density at radius 2 is 1.95 bits per heavy atom. The number of benzene rings is 1. The molecule has 1 aromatic carbocycles. The highest BCUT2D eigenvalue weighted by atomic mass is 79.9. The molecule has 6 heteroatoms. The molecule has 0 saturated carbocycles. The number of hydrogen-bond acceptors (Lipinski definition) is 3. The van der Waals surface area contributed by atoms with Gasteiger partial charge in [-0.15, -0.1) is 0 Å². The van der Waals surface area contributed by atoms with Crippen molar-refractivity contribution in [2.45, 2.75) is 26.8 Å². The maximum Gasteiger partial charge on any atom is 0.253 e. The second-order valence-electron chi connectivity index (χ2n) is 5.18. The summed E-state index contributed by atoms with van der Waals surface area (Å²) in [7, 11) is 1.53. The predicted octanol–water partition coefficient (Wildman–Crippen LogP) is 2.35. The van der Waals surface area contributed by atoms with Crippen LogP contribution < -0.4 is 15.4 Å². The van der Waals surface area contributed by atoms with Gasteiger partial charge in [0.1, 0.15) is 11.8 Å². The van der Waals surface area contributed by atoms with Gasteiger partial charge in [0.05, 0.1) is 12.7 Å². The summed E-state index contributed by atoms with van der Waals surface area (Å²) >= 11 is 3.32. The Labute approximate surface area is 133 Å². The van der Waals surface area contributed by atoms with Gasteiger partial charge in [0.25, 0.3) is 5.91 Å². The third-order valence-corrected chi connectivity index (χ3v) is 3.54. The highest BCUT2D eigenvalue weighted by molar-refractivity contribution is 9.10. The first-order valence-electron chi connectivity index (χ1n) is 6.77. The quantitative estimate of drug-likeness (QED) is 0.821. The van der Waals surface area contributed by atoms with Gasteiger partial charge in [-0.1, -0.05) is 13.8 Å². The van der Waals surface area contributed by atoms with Crippen LogP contribution in [0, 0.1) is 5.92 Å². The van der Waals surface area contributed by atoms with Crippen LogP contribution in [0.2, 0.25) is 0 Å². The SMILES string of the molecule is COc1ccc(Br)c(C(=O)NC(C)C(=O)NCC(C)C)c1. The number of halogens is 1. The van der Waals surface area contributed by atoms with Crippen LogP contribution in [-0.2, 0) is 4.79 Å². The molecule has 1 aromatic rings. The van der Waals surface area contributed by atoms with Crippen LogP contribution in [0.5, 0.6) is 5.75 Å². The number of rotatable bonds is 6. The van der Waals surface area contributed by atoms with E-state index in [0.717, 1.165) is 0 Å². The van der Waals surface area contributed by atoms with Crippen molar-refractivity contribution >= 4 is 27.7 Å². The van der Waals surface area contributed by atoms with Crippen LogP contribution >= 0.6 is 15.9 Å². The summed E-state index contributed by atoms with van der Waals surface area (Å²) in [5.74, 6) is 0.425. The number of hydrogen-bond donors (Lipinski definition) is 2. The molecule has 5 nitrogen and oxygen atoms in total. The van der Waals surface area contributed by atoms with E-state index in [2.05, 4.69) is 26.6 Å². The van der Waals surface area contributed by atoms with E-state index < -0.39 is 6.04 Å². The van der Waals surface area contributed by atoms with E-state index in [4.69, 9.17) is 4.74 Å². The van der Waals surface area contributed by atoms with Crippen LogP contribution in [0.3, 0.4) is 0 Å². The van der Waals surface area contributed by atoms with Gasteiger partial charge < -0.3 is 15.4 Å². The predicted molar refractivity (Wildman–Crippen MR) is 85.5 cm³/mol. The summed E-state index contributed by atoms with van der Waals surface area (Å²) in [4.78, 5) is 24.1. The number of amides is 2. The lowest BCUT2D eigenvalue weighted by atomic mass is 10.1. The number of carbonyl (C=O) groups excluding carboxylic acids is 2. The molecule has 2 amide bonds. The molecule has 2 N–H and O–H groups in total. The van der Waals surface area contributed by atoms with Crippen molar-refractivity contribution in [1.29, 1.82) is 0 Å². The number of ether oxygens (including phenoxy) is 1. The Kier molecular flexibility index (Phi) is 6.68. The summed E-state index contributed by atoms with van der Waals surface area (Å²) in [6.07, 6.45) is 0. The zero-order valence-electron chi connectivity index (χ0n) is 12.7. The molecular weight excluding hydrogens is 336 g/mol. The molecule has 0 saturated heterocycles. The van der Waals surface area contributed by atoms with Crippen LogP contribution in [-0.4, -0.2) is 31.5 Å². The fraction of sp³-hybridized carbons (Fsp3) is 0.467. The summed E-state index contributed by atoms with van der Waals surface area (Å²) in [6, 6.07) is 4.50. The van der Waals surface area contributed by atoms with E-state index in [0.29, 0.717) is 28.2 Å². The molecule has 1 unspecified atom stereocenters. The monoisotopic (exact) mass is 356 g/mol. The van der Waals surface area contributed by atoms with Gasteiger partial charge in [-0.25, -0.2) is 0 Å². The Morgan fingerprint density at radius 3 is 2.52 bits per heavy atom. The van der Waals surface area contributed by atoms with E-state index in [-0.39, 0.29) is 11.8 Å². The lowest BCUT2D eigenvalue weighted by molar-refractivity contribution is -0.122. The van der Waals surface area contributed by atoms with E-state index in [1.54, 1.807) is 25.1 Å². The molecule has 1 rings (SSSR count). The molecule has 0 heterocycles. The van der Waals surface area contributed by atoms with Gasteiger partial charge in [0, 0.05) is 11.0 Å². The van der Waals surface area contributed by atoms with Gasteiger partial charge in [-0.2, -0.15) is 0 Å². The fourth-order valence-electron chi connectivity index (χ4n) is 1.60. The van der Waals surface area contributed by atoms with Crippen LogP contribution in [0.4, 0.5) is 0 Å². The van der Waals surface area contributed by atoms with Crippen molar-refractivity contribution in [3.8, 4) is 5.75 Å². The largest absolute Gasteiger partial charge is 0.497 e. The molecule has 0 aliphatic carbocycles. The molecule has 0 bridgehead atoms. The van der Waals surface area contributed by atoms with E-state index in [1.807, 2.05) is 13.8 Å². The van der Waals surface area contributed by atoms with Crippen LogP contribution in [0.25, 0.3) is 0 Å². The molecule has 0 fully saturated rings. The third-order valence-electron chi connectivity index (χ3n) is 2.84. The van der Waals surface area contributed by atoms with Crippen molar-refractivity contribution in [3.05, 3.63) is 28.2 Å². The van der Waals surface area contributed by atoms with Crippen molar-refractivity contribution in [2.24, 2.45) is 5.92 Å². The molecule has 0 aliphatic heterocycles. The zero-order chi connectivity index (χ0) is 16.0. The van der Waals surface area contributed by atoms with Crippen molar-refractivity contribution in [1.82, 2.24) is 10.6 Å². The Bertz CT molecular complexity index is 518. The van der Waals surface area contributed by atoms with Gasteiger partial charge in [-0.05, 0) is 47.0 Å². The minimum Gasteiger partial charge on any atom is -0.497 e. The van der Waals surface area contributed by atoms with Crippen LogP contribution in [0.1, 0.15) is 31.1 Å². The lowest BCUT2D eigenvalue weighted by Crippen LogP contribution is -2.45. The fourth-order valence-corrected chi connectivity index (χ4v) is 2.03. The molecule has 21 heavy (non-hydrogen) atoms. The Morgan fingerprint density at radius 1 is 1.29 bits per heavy atom. The molecule has 0 aromatic heterocycles. The summed E-state index contributed by atoms with van der Waals surface area (Å²) in [6.45, 7) is 6.26. The van der Waals surface area contributed by atoms with Crippen molar-refractivity contribution < 1.29 is 14.3 Å². The molecule has 1 atom stereocenters. The first kappa shape index (κ1) is 17.5. The minimum atomic E-state index is -0.602. The highest BCUT2D eigenvalue weighted by Crippen LogP contribution is 2.22. The standard InChI is InChI=1S/C15H21BrN2O3/c1-9(2)8-17-14(19)10(3)18-15(20)12-7-11(21-4)5-6-13(12)16/h5-7,9-10H,8H2,1-4H3,(H,17,19)(H,18,20). The van der Waals surface area contributed by atoms with Gasteiger partial charge in [0.15, 0.2) is 0 Å². The lowest BCUT2D eigenvalue weighted by Gasteiger charge is -2.16. The maximum atomic E-state index is 12.2. The number of nitrogens with one attached hydrogen (secondary N) is 2. The number of methoxy groups -OCH3 is 1. The molecule has 0 radical (unpaired) electrons. The van der Waals surface area contributed by atoms with E-state index in [9.17, 15) is 9.59 Å². The normalized spacial score (nSPS) is 11.9. The second-order valence-corrected chi connectivity index (χ2v) is 6.03. The van der Waals surface area contributed by atoms with Gasteiger partial charge in [0.2, 0.25) is 5.91 Å². The Hall–Kier alpha value is -1.56. The summed E-state index contributed by atoms with van der Waals surface area (Å²) in [5.41, 5.74) is 0.429. The average molecular weight is 357 g/mol. The van der Waals surface area contributed by atoms with E-state index in [1.165, 1.54) is 7.11 Å². The van der Waals surface area contributed by atoms with Crippen molar-refractivity contribution in [2.75, 3.05) is 13.7 Å². The zero-order valence-corrected chi connectivity index (χ0v) is 14.3. The smallest absolute Gasteiger partial charge is 0.253 e. The van der Waals surface area contributed by atoms with Gasteiger partial charge in [-0.3, -0.25) is 9.59 Å². The molecule has 0 spiro atoms. The maximum absolute atomic E-state index is 12.2. The first-order chi connectivity index (χ1) is 9.85. The molecule has 116 valence electrons. The van der Waals surface area contributed by atoms with Gasteiger partial charge >= 0.3 is 0 Å². The topological polar surface area (TPSA) is 67.4 Å².